The van der Waals surface area contributed by atoms with Gasteiger partial charge < -0.3 is 10.2 Å². The average molecular weight is 463 g/mol. The molecule has 1 heterocycles. The molecule has 6 rings (SSSR count). The van der Waals surface area contributed by atoms with Gasteiger partial charge in [0.05, 0.1) is 5.56 Å². The van der Waals surface area contributed by atoms with Gasteiger partial charge in [-0.2, -0.15) is 13.2 Å². The number of amides is 2. The summed E-state index contributed by atoms with van der Waals surface area (Å²) >= 11 is 0. The number of carbonyl (C=O) groups is 2. The molecule has 7 heteroatoms. The Morgan fingerprint density at radius 3 is 1.97 bits per heavy atom. The Morgan fingerprint density at radius 2 is 1.48 bits per heavy atom. The Balaban J connectivity index is 1.14. The van der Waals surface area contributed by atoms with Gasteiger partial charge in [0.25, 0.3) is 5.91 Å². The predicted molar refractivity (Wildman–Crippen MR) is 118 cm³/mol. The summed E-state index contributed by atoms with van der Waals surface area (Å²) in [4.78, 5) is 27.4. The van der Waals surface area contributed by atoms with Gasteiger partial charge in [0.2, 0.25) is 5.91 Å². The van der Waals surface area contributed by atoms with E-state index >= 15 is 0 Å². The summed E-state index contributed by atoms with van der Waals surface area (Å²) in [5, 5.41) is 3.35. The molecule has 1 N–H and O–H groups in total. The third-order valence-corrected chi connectivity index (χ3v) is 8.98. The van der Waals surface area contributed by atoms with Gasteiger partial charge in [0, 0.05) is 30.6 Å². The number of rotatable bonds is 4. The standard InChI is InChI=1S/C26H33F3N2O2/c1-16(25-13-17-10-18(14-25)12-19(11-17)15-25)30-23(32)20-6-8-31(9-7-20)24(33)21-2-4-22(5-3-21)26(27,28)29/h2-5,16-20H,6-15H2,1H3,(H,30,32)/t16-,17?,18?,19?,25?/m0/s1. The number of hydrogen-bond acceptors (Lipinski definition) is 2. The summed E-state index contributed by atoms with van der Waals surface area (Å²) < 4.78 is 38.3. The van der Waals surface area contributed by atoms with E-state index in [1.807, 2.05) is 0 Å². The van der Waals surface area contributed by atoms with Crippen LogP contribution in [0.15, 0.2) is 24.3 Å². The molecule has 0 unspecified atom stereocenters. The van der Waals surface area contributed by atoms with Crippen molar-refractivity contribution in [2.75, 3.05) is 13.1 Å². The average Bonchev–Trinajstić information content (AvgIpc) is 2.77. The van der Waals surface area contributed by atoms with E-state index in [4.69, 9.17) is 0 Å². The largest absolute Gasteiger partial charge is 0.416 e. The van der Waals surface area contributed by atoms with Crippen LogP contribution in [0.4, 0.5) is 13.2 Å². The normalized spacial score (nSPS) is 32.6. The van der Waals surface area contributed by atoms with Gasteiger partial charge in [-0.05, 0) is 106 Å². The zero-order valence-electron chi connectivity index (χ0n) is 19.2. The first-order valence-electron chi connectivity index (χ1n) is 12.4. The Morgan fingerprint density at radius 1 is 0.970 bits per heavy atom. The van der Waals surface area contributed by atoms with Crippen LogP contribution < -0.4 is 5.32 Å². The van der Waals surface area contributed by atoms with Gasteiger partial charge >= 0.3 is 6.18 Å². The number of carbonyl (C=O) groups excluding carboxylic acids is 2. The minimum absolute atomic E-state index is 0.0971. The quantitative estimate of drug-likeness (QED) is 0.662. The van der Waals surface area contributed by atoms with Crippen molar-refractivity contribution < 1.29 is 22.8 Å². The molecule has 33 heavy (non-hydrogen) atoms. The van der Waals surface area contributed by atoms with Crippen molar-refractivity contribution in [3.05, 3.63) is 35.4 Å². The SMILES string of the molecule is C[C@H](NC(=O)C1CCN(C(=O)c2ccc(C(F)(F)F)cc2)CC1)C12CC3CC(CC(C3)C1)C2. The lowest BCUT2D eigenvalue weighted by atomic mass is 9.48. The third kappa shape index (κ3) is 4.40. The number of nitrogens with one attached hydrogen (secondary N) is 1. The zero-order valence-corrected chi connectivity index (χ0v) is 19.2. The van der Waals surface area contributed by atoms with Crippen molar-refractivity contribution in [1.29, 1.82) is 0 Å². The third-order valence-electron chi connectivity index (χ3n) is 8.98. The first kappa shape index (κ1) is 22.7. The summed E-state index contributed by atoms with van der Waals surface area (Å²) in [7, 11) is 0. The molecular formula is C26H33F3N2O2. The van der Waals surface area contributed by atoms with Crippen molar-refractivity contribution in [2.24, 2.45) is 29.1 Å². The van der Waals surface area contributed by atoms with Crippen molar-refractivity contribution in [3.8, 4) is 0 Å². The second-order valence-electron chi connectivity index (χ2n) is 11.2. The molecule has 4 saturated carbocycles. The van der Waals surface area contributed by atoms with E-state index in [1.54, 1.807) is 4.90 Å². The highest BCUT2D eigenvalue weighted by Crippen LogP contribution is 2.61. The second kappa shape index (κ2) is 8.31. The molecule has 1 atom stereocenters. The number of hydrogen-bond donors (Lipinski definition) is 1. The fourth-order valence-corrected chi connectivity index (χ4v) is 7.52. The zero-order chi connectivity index (χ0) is 23.4. The van der Waals surface area contributed by atoms with Crippen LogP contribution in [-0.4, -0.2) is 35.8 Å². The molecule has 5 aliphatic rings. The molecule has 2 amide bonds. The lowest BCUT2D eigenvalue weighted by molar-refractivity contribution is -0.137. The van der Waals surface area contributed by atoms with Gasteiger partial charge in [-0.15, -0.1) is 0 Å². The minimum Gasteiger partial charge on any atom is -0.353 e. The molecule has 5 fully saturated rings. The van der Waals surface area contributed by atoms with Crippen LogP contribution in [0.3, 0.4) is 0 Å². The number of likely N-dealkylation sites (tertiary alicyclic amines) is 1. The molecule has 1 aromatic carbocycles. The van der Waals surface area contributed by atoms with Gasteiger partial charge in [-0.25, -0.2) is 0 Å². The van der Waals surface area contributed by atoms with Crippen LogP contribution in [0.1, 0.15) is 74.2 Å². The van der Waals surface area contributed by atoms with E-state index in [1.165, 1.54) is 50.7 Å². The van der Waals surface area contributed by atoms with E-state index in [2.05, 4.69) is 12.2 Å². The van der Waals surface area contributed by atoms with Gasteiger partial charge in [-0.3, -0.25) is 9.59 Å². The van der Waals surface area contributed by atoms with Crippen LogP contribution in [0.5, 0.6) is 0 Å². The van der Waals surface area contributed by atoms with Crippen molar-refractivity contribution in [2.45, 2.75) is 70.5 Å². The van der Waals surface area contributed by atoms with Crippen LogP contribution in [0.25, 0.3) is 0 Å². The Hall–Kier alpha value is -2.05. The molecule has 4 bridgehead atoms. The van der Waals surface area contributed by atoms with E-state index in [-0.39, 0.29) is 34.8 Å². The molecule has 180 valence electrons. The Kier molecular flexibility index (Phi) is 5.73. The summed E-state index contributed by atoms with van der Waals surface area (Å²) in [6.07, 6.45) is 4.65. The van der Waals surface area contributed by atoms with Crippen LogP contribution in [0.2, 0.25) is 0 Å². The van der Waals surface area contributed by atoms with Gasteiger partial charge in [0.1, 0.15) is 0 Å². The molecule has 1 aromatic rings. The first-order valence-corrected chi connectivity index (χ1v) is 12.4. The highest BCUT2D eigenvalue weighted by molar-refractivity contribution is 5.94. The maximum absolute atomic E-state index is 13.1. The summed E-state index contributed by atoms with van der Waals surface area (Å²) in [5.74, 6) is 2.24. The maximum atomic E-state index is 13.1. The number of halogens is 3. The molecule has 0 spiro atoms. The van der Waals surface area contributed by atoms with Crippen molar-refractivity contribution >= 4 is 11.8 Å². The minimum atomic E-state index is -4.42. The second-order valence-corrected chi connectivity index (χ2v) is 11.2. The molecular weight excluding hydrogens is 429 g/mol. The number of piperidine rings is 1. The highest BCUT2D eigenvalue weighted by atomic mass is 19.4. The lowest BCUT2D eigenvalue weighted by Crippen LogP contribution is -2.56. The maximum Gasteiger partial charge on any atom is 0.416 e. The summed E-state index contributed by atoms with van der Waals surface area (Å²) in [6.45, 7) is 3.09. The molecule has 1 aliphatic heterocycles. The smallest absolute Gasteiger partial charge is 0.353 e. The molecule has 0 radical (unpaired) electrons. The van der Waals surface area contributed by atoms with Crippen LogP contribution >= 0.6 is 0 Å². The van der Waals surface area contributed by atoms with Crippen LogP contribution in [-0.2, 0) is 11.0 Å². The Bertz CT molecular complexity index is 868. The lowest BCUT2D eigenvalue weighted by Gasteiger charge is -2.59. The number of benzene rings is 1. The van der Waals surface area contributed by atoms with E-state index < -0.39 is 11.7 Å². The molecule has 1 saturated heterocycles. The van der Waals surface area contributed by atoms with Crippen molar-refractivity contribution in [3.63, 3.8) is 0 Å². The predicted octanol–water partition coefficient (Wildman–Crippen LogP) is 5.28. The van der Waals surface area contributed by atoms with E-state index in [0.717, 1.165) is 29.9 Å². The number of nitrogens with zero attached hydrogens (tertiary/aromatic N) is 1. The fourth-order valence-electron chi connectivity index (χ4n) is 7.52. The van der Waals surface area contributed by atoms with E-state index in [9.17, 15) is 22.8 Å². The Labute approximate surface area is 193 Å². The van der Waals surface area contributed by atoms with E-state index in [0.29, 0.717) is 25.9 Å². The highest BCUT2D eigenvalue weighted by Gasteiger charge is 2.53. The van der Waals surface area contributed by atoms with Gasteiger partial charge in [0.15, 0.2) is 0 Å². The summed E-state index contributed by atoms with van der Waals surface area (Å²) in [5.41, 5.74) is -0.243. The summed E-state index contributed by atoms with van der Waals surface area (Å²) in [6, 6.07) is 4.54. The molecule has 4 nitrogen and oxygen atoms in total. The number of alkyl halides is 3. The van der Waals surface area contributed by atoms with Gasteiger partial charge in [-0.1, -0.05) is 0 Å². The topological polar surface area (TPSA) is 49.4 Å². The first-order chi connectivity index (χ1) is 15.6. The van der Waals surface area contributed by atoms with Crippen LogP contribution in [0, 0.1) is 29.1 Å². The monoisotopic (exact) mass is 462 g/mol. The fraction of sp³-hybridized carbons (Fsp3) is 0.692. The molecule has 4 aliphatic carbocycles. The van der Waals surface area contributed by atoms with Crippen molar-refractivity contribution in [1.82, 2.24) is 10.2 Å². The molecule has 0 aromatic heterocycles.